The van der Waals surface area contributed by atoms with Gasteiger partial charge in [0.1, 0.15) is 22.2 Å². The highest BCUT2D eigenvalue weighted by atomic mass is 32.2. The van der Waals surface area contributed by atoms with E-state index in [0.717, 1.165) is 36.3 Å². The molecule has 33 heavy (non-hydrogen) atoms. The first-order valence-electron chi connectivity index (χ1n) is 10.1. The summed E-state index contributed by atoms with van der Waals surface area (Å²) in [7, 11) is -4.01. The molecule has 174 valence electrons. The van der Waals surface area contributed by atoms with Crippen LogP contribution in [0.4, 0.5) is 9.52 Å². The highest BCUT2D eigenvalue weighted by Gasteiger charge is 2.30. The fourth-order valence-corrected chi connectivity index (χ4v) is 5.65. The van der Waals surface area contributed by atoms with E-state index in [4.69, 9.17) is 4.42 Å². The van der Waals surface area contributed by atoms with Gasteiger partial charge >= 0.3 is 0 Å². The molecule has 0 aliphatic carbocycles. The Morgan fingerprint density at radius 1 is 1.21 bits per heavy atom. The van der Waals surface area contributed by atoms with Crippen LogP contribution in [0, 0.1) is 5.82 Å². The number of furan rings is 1. The highest BCUT2D eigenvalue weighted by molar-refractivity contribution is 7.89. The Morgan fingerprint density at radius 3 is 2.70 bits per heavy atom. The standard InChI is InChI=1S/C21H21FN4O5S2/c1-13(27)23-11-15-5-7-18(31-15)17-12-32-21(24-17)25-20(28)14-4-6-16(22)19(10-14)33(29,30)26-8-2-3-9-26/h4-7,10,12H,2-3,8-9,11H2,1H3,(H,23,27)(H,24,25,28). The van der Waals surface area contributed by atoms with Crippen molar-refractivity contribution in [3.8, 4) is 11.5 Å². The van der Waals surface area contributed by atoms with Gasteiger partial charge in [-0.15, -0.1) is 11.3 Å². The molecule has 1 aliphatic heterocycles. The maximum absolute atomic E-state index is 14.3. The summed E-state index contributed by atoms with van der Waals surface area (Å²) < 4.78 is 46.7. The SMILES string of the molecule is CC(=O)NCc1ccc(-c2csc(NC(=O)c3ccc(F)c(S(=O)(=O)N4CCCC4)c3)n2)o1. The van der Waals surface area contributed by atoms with E-state index in [9.17, 15) is 22.4 Å². The van der Waals surface area contributed by atoms with Crippen LogP contribution in [0.2, 0.25) is 0 Å². The van der Waals surface area contributed by atoms with E-state index in [1.807, 2.05) is 0 Å². The molecule has 0 unspecified atom stereocenters. The van der Waals surface area contributed by atoms with Crippen LogP contribution >= 0.6 is 11.3 Å². The number of sulfonamides is 1. The van der Waals surface area contributed by atoms with E-state index < -0.39 is 26.6 Å². The van der Waals surface area contributed by atoms with Crippen LogP contribution in [0.1, 0.15) is 35.9 Å². The fraction of sp³-hybridized carbons (Fsp3) is 0.286. The van der Waals surface area contributed by atoms with Crippen molar-refractivity contribution < 1.29 is 26.8 Å². The number of hydrogen-bond donors (Lipinski definition) is 2. The Kier molecular flexibility index (Phi) is 6.58. The first kappa shape index (κ1) is 23.1. The summed E-state index contributed by atoms with van der Waals surface area (Å²) in [6.07, 6.45) is 1.44. The molecule has 1 fully saturated rings. The molecule has 4 rings (SSSR count). The average molecular weight is 493 g/mol. The molecule has 2 N–H and O–H groups in total. The molecule has 2 amide bonds. The molecule has 2 aromatic heterocycles. The van der Waals surface area contributed by atoms with Crippen LogP contribution in [-0.4, -0.2) is 42.6 Å². The predicted octanol–water partition coefficient (Wildman–Crippen LogP) is 3.22. The zero-order chi connectivity index (χ0) is 23.6. The minimum absolute atomic E-state index is 0.00140. The number of carbonyl (C=O) groups is 2. The number of nitrogens with one attached hydrogen (secondary N) is 2. The summed E-state index contributed by atoms with van der Waals surface area (Å²) in [5, 5.41) is 7.19. The van der Waals surface area contributed by atoms with Gasteiger partial charge in [0.15, 0.2) is 10.9 Å². The van der Waals surface area contributed by atoms with E-state index in [2.05, 4.69) is 15.6 Å². The van der Waals surface area contributed by atoms with Crippen LogP contribution in [0.5, 0.6) is 0 Å². The summed E-state index contributed by atoms with van der Waals surface area (Å²) >= 11 is 1.15. The maximum Gasteiger partial charge on any atom is 0.257 e. The number of benzene rings is 1. The van der Waals surface area contributed by atoms with Crippen molar-refractivity contribution >= 4 is 38.3 Å². The number of halogens is 1. The lowest BCUT2D eigenvalue weighted by Gasteiger charge is -2.16. The van der Waals surface area contributed by atoms with Gasteiger partial charge in [0.2, 0.25) is 15.9 Å². The summed E-state index contributed by atoms with van der Waals surface area (Å²) in [6, 6.07) is 6.66. The molecule has 0 atom stereocenters. The van der Waals surface area contributed by atoms with E-state index >= 15 is 0 Å². The Balaban J connectivity index is 1.48. The molecule has 3 aromatic rings. The van der Waals surface area contributed by atoms with Crippen molar-refractivity contribution in [1.82, 2.24) is 14.6 Å². The zero-order valence-electron chi connectivity index (χ0n) is 17.6. The minimum Gasteiger partial charge on any atom is -0.458 e. The molecular formula is C21H21FN4O5S2. The molecule has 1 aromatic carbocycles. The van der Waals surface area contributed by atoms with Crippen LogP contribution in [0.25, 0.3) is 11.5 Å². The quantitative estimate of drug-likeness (QED) is 0.522. The second-order valence-corrected chi connectivity index (χ2v) is 10.2. The van der Waals surface area contributed by atoms with Crippen molar-refractivity contribution in [2.24, 2.45) is 0 Å². The topological polar surface area (TPSA) is 122 Å². The number of anilines is 1. The predicted molar refractivity (Wildman–Crippen MR) is 120 cm³/mol. The number of amides is 2. The monoisotopic (exact) mass is 492 g/mol. The molecule has 3 heterocycles. The number of carbonyl (C=O) groups excluding carboxylic acids is 2. The van der Waals surface area contributed by atoms with Crippen molar-refractivity contribution in [2.45, 2.75) is 31.2 Å². The molecule has 12 heteroatoms. The van der Waals surface area contributed by atoms with Gasteiger partial charge in [0.05, 0.1) is 6.54 Å². The van der Waals surface area contributed by atoms with Gasteiger partial charge in [-0.2, -0.15) is 4.31 Å². The van der Waals surface area contributed by atoms with E-state index in [-0.39, 0.29) is 23.1 Å². The van der Waals surface area contributed by atoms with E-state index in [1.54, 1.807) is 17.5 Å². The van der Waals surface area contributed by atoms with Crippen molar-refractivity contribution in [2.75, 3.05) is 18.4 Å². The van der Waals surface area contributed by atoms with E-state index in [0.29, 0.717) is 30.3 Å². The highest BCUT2D eigenvalue weighted by Crippen LogP contribution is 2.28. The van der Waals surface area contributed by atoms with Crippen molar-refractivity contribution in [3.63, 3.8) is 0 Å². The van der Waals surface area contributed by atoms with Gasteiger partial charge in [-0.25, -0.2) is 17.8 Å². The lowest BCUT2D eigenvalue weighted by Crippen LogP contribution is -2.29. The lowest BCUT2D eigenvalue weighted by atomic mass is 10.2. The van der Waals surface area contributed by atoms with Crippen LogP contribution < -0.4 is 10.6 Å². The number of nitrogens with zero attached hydrogens (tertiary/aromatic N) is 2. The largest absolute Gasteiger partial charge is 0.458 e. The summed E-state index contributed by atoms with van der Waals surface area (Å²) in [4.78, 5) is 27.5. The second kappa shape index (κ2) is 9.41. The van der Waals surface area contributed by atoms with E-state index in [1.165, 1.54) is 17.3 Å². The zero-order valence-corrected chi connectivity index (χ0v) is 19.3. The Hall–Kier alpha value is -3.09. The summed E-state index contributed by atoms with van der Waals surface area (Å²) in [5.41, 5.74) is 0.488. The second-order valence-electron chi connectivity index (χ2n) is 7.42. The van der Waals surface area contributed by atoms with Crippen LogP contribution in [-0.2, 0) is 21.4 Å². The third-order valence-electron chi connectivity index (χ3n) is 5.03. The van der Waals surface area contributed by atoms with Crippen molar-refractivity contribution in [3.05, 3.63) is 52.9 Å². The normalized spacial score (nSPS) is 14.4. The first-order valence-corrected chi connectivity index (χ1v) is 12.5. The van der Waals surface area contributed by atoms with Gasteiger partial charge in [0.25, 0.3) is 5.91 Å². The molecular weight excluding hydrogens is 471 g/mol. The fourth-order valence-electron chi connectivity index (χ4n) is 3.35. The molecule has 1 aliphatic rings. The first-order chi connectivity index (χ1) is 15.7. The number of rotatable bonds is 7. The van der Waals surface area contributed by atoms with Crippen LogP contribution in [0.15, 0.2) is 45.0 Å². The van der Waals surface area contributed by atoms with Crippen molar-refractivity contribution in [1.29, 1.82) is 0 Å². The minimum atomic E-state index is -4.01. The third kappa shape index (κ3) is 5.13. The maximum atomic E-state index is 14.3. The molecule has 9 nitrogen and oxygen atoms in total. The molecule has 1 saturated heterocycles. The summed E-state index contributed by atoms with van der Waals surface area (Å²) in [5.74, 6) is -0.670. The Bertz CT molecular complexity index is 1300. The lowest BCUT2D eigenvalue weighted by molar-refractivity contribution is -0.119. The summed E-state index contributed by atoms with van der Waals surface area (Å²) in [6.45, 7) is 2.32. The van der Waals surface area contributed by atoms with Gasteiger partial charge < -0.3 is 9.73 Å². The third-order valence-corrected chi connectivity index (χ3v) is 7.70. The Labute approximate surface area is 193 Å². The molecule has 0 radical (unpaired) electrons. The Morgan fingerprint density at radius 2 is 1.97 bits per heavy atom. The van der Waals surface area contributed by atoms with Gasteiger partial charge in [-0.3, -0.25) is 14.9 Å². The van der Waals surface area contributed by atoms with Gasteiger partial charge in [-0.1, -0.05) is 0 Å². The van der Waals surface area contributed by atoms with Gasteiger partial charge in [-0.05, 0) is 43.2 Å². The molecule has 0 saturated carbocycles. The van der Waals surface area contributed by atoms with Crippen LogP contribution in [0.3, 0.4) is 0 Å². The van der Waals surface area contributed by atoms with Gasteiger partial charge in [0, 0.05) is 31.0 Å². The molecule has 0 spiro atoms. The number of hydrogen-bond acceptors (Lipinski definition) is 7. The molecule has 0 bridgehead atoms. The number of thiazole rings is 1. The number of aromatic nitrogens is 1. The average Bonchev–Trinajstić information content (AvgIpc) is 3.53. The smallest absolute Gasteiger partial charge is 0.257 e.